The minimum Gasteiger partial charge on any atom is -0.372 e. The van der Waals surface area contributed by atoms with Gasteiger partial charge in [0, 0.05) is 31.3 Å². The second-order valence-corrected chi connectivity index (χ2v) is 9.89. The molecule has 1 aliphatic carbocycles. The van der Waals surface area contributed by atoms with Gasteiger partial charge in [0.1, 0.15) is 0 Å². The van der Waals surface area contributed by atoms with Gasteiger partial charge in [-0.3, -0.25) is 4.79 Å². The molecule has 6 nitrogen and oxygen atoms in total. The summed E-state index contributed by atoms with van der Waals surface area (Å²) in [6.45, 7) is 10.3. The van der Waals surface area contributed by atoms with E-state index in [1.807, 2.05) is 24.4 Å². The molecule has 1 aromatic carbocycles. The molecule has 1 N–H and O–H groups in total. The van der Waals surface area contributed by atoms with Crippen molar-refractivity contribution in [3.63, 3.8) is 0 Å². The Kier molecular flexibility index (Phi) is 6.28. The summed E-state index contributed by atoms with van der Waals surface area (Å²) in [5, 5.41) is 3.26. The molecule has 166 valence electrons. The van der Waals surface area contributed by atoms with E-state index in [0.29, 0.717) is 6.42 Å². The molecule has 0 bridgehead atoms. The van der Waals surface area contributed by atoms with Gasteiger partial charge >= 0.3 is 0 Å². The van der Waals surface area contributed by atoms with Crippen molar-refractivity contribution < 1.29 is 9.53 Å². The Morgan fingerprint density at radius 3 is 2.61 bits per heavy atom. The zero-order valence-electron chi connectivity index (χ0n) is 19.1. The van der Waals surface area contributed by atoms with Crippen LogP contribution in [-0.2, 0) is 22.4 Å². The van der Waals surface area contributed by atoms with Gasteiger partial charge in [-0.1, -0.05) is 44.2 Å². The fourth-order valence-corrected chi connectivity index (χ4v) is 4.83. The van der Waals surface area contributed by atoms with Crippen LogP contribution in [0.4, 0.5) is 5.95 Å². The summed E-state index contributed by atoms with van der Waals surface area (Å²) < 4.78 is 5.85. The van der Waals surface area contributed by atoms with Crippen molar-refractivity contribution >= 4 is 11.9 Å². The van der Waals surface area contributed by atoms with Crippen LogP contribution in [0.2, 0.25) is 0 Å². The molecule has 1 saturated heterocycles. The van der Waals surface area contributed by atoms with Crippen LogP contribution in [0, 0.1) is 5.41 Å². The van der Waals surface area contributed by atoms with Gasteiger partial charge in [-0.25, -0.2) is 9.97 Å². The maximum atomic E-state index is 12.7. The molecular weight excluding hydrogens is 388 g/mol. The van der Waals surface area contributed by atoms with E-state index in [1.54, 1.807) is 0 Å². The Balaban J connectivity index is 1.48. The second kappa shape index (κ2) is 8.95. The molecular formula is C25H34N4O2. The number of carbonyl (C=O) groups is 1. The zero-order chi connectivity index (χ0) is 22.0. The Labute approximate surface area is 185 Å². The quantitative estimate of drug-likeness (QED) is 0.793. The van der Waals surface area contributed by atoms with Crippen LogP contribution in [0.25, 0.3) is 0 Å². The number of morpholine rings is 1. The molecule has 6 heteroatoms. The average molecular weight is 423 g/mol. The highest BCUT2D eigenvalue weighted by Gasteiger charge is 2.35. The molecule has 0 radical (unpaired) electrons. The van der Waals surface area contributed by atoms with Gasteiger partial charge in [0.15, 0.2) is 0 Å². The Morgan fingerprint density at radius 2 is 1.90 bits per heavy atom. The van der Waals surface area contributed by atoms with Crippen LogP contribution in [0.15, 0.2) is 36.5 Å². The molecule has 1 amide bonds. The molecule has 0 saturated carbocycles. The predicted molar refractivity (Wildman–Crippen MR) is 122 cm³/mol. The minimum absolute atomic E-state index is 0.0430. The monoisotopic (exact) mass is 422 g/mol. The van der Waals surface area contributed by atoms with Crippen LogP contribution in [0.5, 0.6) is 0 Å². The first-order valence-corrected chi connectivity index (χ1v) is 11.4. The van der Waals surface area contributed by atoms with E-state index in [4.69, 9.17) is 14.7 Å². The van der Waals surface area contributed by atoms with Gasteiger partial charge in [-0.05, 0) is 44.1 Å². The van der Waals surface area contributed by atoms with Crippen molar-refractivity contribution in [2.45, 2.75) is 71.6 Å². The minimum atomic E-state index is -0.0430. The molecule has 31 heavy (non-hydrogen) atoms. The van der Waals surface area contributed by atoms with Crippen molar-refractivity contribution in [1.29, 1.82) is 0 Å². The molecule has 0 unspecified atom stereocenters. The topological polar surface area (TPSA) is 67.4 Å². The summed E-state index contributed by atoms with van der Waals surface area (Å²) in [6, 6.07) is 10.1. The van der Waals surface area contributed by atoms with Gasteiger partial charge < -0.3 is 15.0 Å². The molecule has 0 spiro atoms. The molecule has 1 aromatic heterocycles. The normalized spacial score (nSPS) is 25.0. The first kappa shape index (κ1) is 21.8. The van der Waals surface area contributed by atoms with Crippen molar-refractivity contribution in [1.82, 2.24) is 15.3 Å². The standard InChI is InChI=1S/C25H34N4O2/c1-17-15-29(16-18(2)31-17)24-26-14-20-21(12-25(3,4)13-22(20)28-24)27-23(30)11-10-19-8-6-5-7-9-19/h5-9,14,17-18,21H,10-13,15-16H2,1-4H3,(H,27,30)/t17-,18-,21+/m1/s1. The number of hydrogen-bond acceptors (Lipinski definition) is 5. The molecule has 2 aromatic rings. The number of carbonyl (C=O) groups excluding carboxylic acids is 1. The van der Waals surface area contributed by atoms with Gasteiger partial charge in [-0.15, -0.1) is 0 Å². The number of amides is 1. The van der Waals surface area contributed by atoms with Crippen molar-refractivity contribution in [3.8, 4) is 0 Å². The van der Waals surface area contributed by atoms with E-state index in [9.17, 15) is 4.79 Å². The van der Waals surface area contributed by atoms with Crippen LogP contribution in [0.1, 0.15) is 63.4 Å². The summed E-state index contributed by atoms with van der Waals surface area (Å²) in [5.41, 5.74) is 3.37. The van der Waals surface area contributed by atoms with E-state index >= 15 is 0 Å². The number of aromatic nitrogens is 2. The van der Waals surface area contributed by atoms with Gasteiger partial charge in [0.2, 0.25) is 11.9 Å². The number of anilines is 1. The molecule has 1 aliphatic heterocycles. The summed E-state index contributed by atoms with van der Waals surface area (Å²) in [6.07, 6.45) is 5.28. The fraction of sp³-hybridized carbons (Fsp3) is 0.560. The highest BCUT2D eigenvalue weighted by Crippen LogP contribution is 2.40. The third-order valence-corrected chi connectivity index (χ3v) is 6.19. The average Bonchev–Trinajstić information content (AvgIpc) is 2.71. The Hall–Kier alpha value is -2.47. The number of nitrogens with one attached hydrogen (secondary N) is 1. The highest BCUT2D eigenvalue weighted by atomic mass is 16.5. The van der Waals surface area contributed by atoms with Gasteiger partial charge in [0.25, 0.3) is 0 Å². The third kappa shape index (κ3) is 5.42. The summed E-state index contributed by atoms with van der Waals surface area (Å²) in [5.74, 6) is 0.852. The summed E-state index contributed by atoms with van der Waals surface area (Å²) in [7, 11) is 0. The fourth-order valence-electron chi connectivity index (χ4n) is 4.83. The largest absolute Gasteiger partial charge is 0.372 e. The maximum absolute atomic E-state index is 12.7. The number of fused-ring (bicyclic) bond motifs is 1. The van der Waals surface area contributed by atoms with E-state index in [0.717, 1.165) is 49.6 Å². The highest BCUT2D eigenvalue weighted by molar-refractivity contribution is 5.76. The van der Waals surface area contributed by atoms with E-state index < -0.39 is 0 Å². The van der Waals surface area contributed by atoms with Crippen LogP contribution < -0.4 is 10.2 Å². The number of nitrogens with zero attached hydrogens (tertiary/aromatic N) is 3. The number of ether oxygens (including phenoxy) is 1. The molecule has 2 aliphatic rings. The van der Waals surface area contributed by atoms with Crippen molar-refractivity contribution in [3.05, 3.63) is 53.3 Å². The van der Waals surface area contributed by atoms with E-state index in [-0.39, 0.29) is 29.6 Å². The van der Waals surface area contributed by atoms with Crippen LogP contribution >= 0.6 is 0 Å². The van der Waals surface area contributed by atoms with Crippen LogP contribution in [0.3, 0.4) is 0 Å². The summed E-state index contributed by atoms with van der Waals surface area (Å²) >= 11 is 0. The lowest BCUT2D eigenvalue weighted by Crippen LogP contribution is -2.46. The number of hydrogen-bond donors (Lipinski definition) is 1. The second-order valence-electron chi connectivity index (χ2n) is 9.89. The molecule has 2 heterocycles. The lowest BCUT2D eigenvalue weighted by Gasteiger charge is -2.38. The zero-order valence-corrected chi connectivity index (χ0v) is 19.1. The SMILES string of the molecule is C[C@@H]1CN(c2ncc3c(n2)CC(C)(C)C[C@@H]3NC(=O)CCc2ccccc2)C[C@@H](C)O1. The van der Waals surface area contributed by atoms with Gasteiger partial charge in [-0.2, -0.15) is 0 Å². The Morgan fingerprint density at radius 1 is 1.19 bits per heavy atom. The smallest absolute Gasteiger partial charge is 0.225 e. The predicted octanol–water partition coefficient (Wildman–Crippen LogP) is 3.85. The van der Waals surface area contributed by atoms with Gasteiger partial charge in [0.05, 0.1) is 23.9 Å². The number of rotatable bonds is 5. The Bertz CT molecular complexity index is 905. The maximum Gasteiger partial charge on any atom is 0.225 e. The van der Waals surface area contributed by atoms with E-state index in [1.165, 1.54) is 5.56 Å². The molecule has 4 rings (SSSR count). The molecule has 3 atom stereocenters. The molecule has 1 fully saturated rings. The third-order valence-electron chi connectivity index (χ3n) is 6.19. The van der Waals surface area contributed by atoms with Crippen molar-refractivity contribution in [2.75, 3.05) is 18.0 Å². The number of benzene rings is 1. The van der Waals surface area contributed by atoms with E-state index in [2.05, 4.69) is 50.0 Å². The van der Waals surface area contributed by atoms with Crippen molar-refractivity contribution in [2.24, 2.45) is 5.41 Å². The van der Waals surface area contributed by atoms with Crippen LogP contribution in [-0.4, -0.2) is 41.2 Å². The first-order valence-electron chi connectivity index (χ1n) is 11.4. The first-order chi connectivity index (χ1) is 14.8. The summed E-state index contributed by atoms with van der Waals surface area (Å²) in [4.78, 5) is 24.6. The number of aryl methyl sites for hydroxylation is 1. The lowest BCUT2D eigenvalue weighted by atomic mass is 9.74. The lowest BCUT2D eigenvalue weighted by molar-refractivity contribution is -0.122.